The first-order valence-corrected chi connectivity index (χ1v) is 11.4. The van der Waals surface area contributed by atoms with Crippen molar-refractivity contribution in [3.8, 4) is 5.75 Å². The molecule has 2 heterocycles. The second-order valence-corrected chi connectivity index (χ2v) is 9.48. The molecule has 31 heavy (non-hydrogen) atoms. The van der Waals surface area contributed by atoms with Gasteiger partial charge in [0.1, 0.15) is 11.6 Å². The zero-order valence-electron chi connectivity index (χ0n) is 17.7. The Labute approximate surface area is 180 Å². The minimum atomic E-state index is -3.43. The van der Waals surface area contributed by atoms with Crippen LogP contribution in [0.3, 0.4) is 0 Å². The predicted octanol–water partition coefficient (Wildman–Crippen LogP) is 2.00. The Hall–Kier alpha value is -3.37. The number of aromatic nitrogens is 2. The summed E-state index contributed by atoms with van der Waals surface area (Å²) in [5.41, 5.74) is 9.76. The van der Waals surface area contributed by atoms with Gasteiger partial charge in [-0.15, -0.1) is 0 Å². The van der Waals surface area contributed by atoms with Crippen molar-refractivity contribution in [3.63, 3.8) is 0 Å². The molecule has 1 aliphatic heterocycles. The molecular weight excluding hydrogens is 416 g/mol. The number of methoxy groups -OCH3 is 1. The first-order valence-electron chi connectivity index (χ1n) is 9.52. The van der Waals surface area contributed by atoms with Gasteiger partial charge in [0.25, 0.3) is 0 Å². The Morgan fingerprint density at radius 3 is 2.68 bits per heavy atom. The van der Waals surface area contributed by atoms with E-state index in [9.17, 15) is 8.42 Å². The molecule has 1 aromatic heterocycles. The molecule has 1 atom stereocenters. The van der Waals surface area contributed by atoms with Crippen LogP contribution in [0.25, 0.3) is 10.9 Å². The van der Waals surface area contributed by atoms with Crippen molar-refractivity contribution < 1.29 is 13.2 Å². The maximum absolute atomic E-state index is 12.1. The van der Waals surface area contributed by atoms with E-state index in [0.29, 0.717) is 17.1 Å². The monoisotopic (exact) mass is 440 g/mol. The molecule has 10 heteroatoms. The number of nitrogens with zero attached hydrogens (tertiary/aromatic N) is 3. The quantitative estimate of drug-likeness (QED) is 0.554. The number of H-pyrrole nitrogens is 1. The molecule has 2 aromatic carbocycles. The third-order valence-corrected chi connectivity index (χ3v) is 6.43. The number of fused-ring (bicyclic) bond motifs is 1. The van der Waals surface area contributed by atoms with Gasteiger partial charge >= 0.3 is 0 Å². The topological polar surface area (TPSA) is 126 Å². The zero-order chi connectivity index (χ0) is 22.4. The fourth-order valence-electron chi connectivity index (χ4n) is 3.52. The highest BCUT2D eigenvalue weighted by Crippen LogP contribution is 2.33. The van der Waals surface area contributed by atoms with Crippen LogP contribution in [0, 0.1) is 6.92 Å². The molecule has 0 spiro atoms. The molecule has 4 rings (SSSR count). The van der Waals surface area contributed by atoms with Gasteiger partial charge < -0.3 is 15.0 Å². The molecule has 0 fully saturated rings. The van der Waals surface area contributed by atoms with Crippen LogP contribution in [0.15, 0.2) is 58.2 Å². The second-order valence-electron chi connectivity index (χ2n) is 7.46. The van der Waals surface area contributed by atoms with Crippen LogP contribution in [0.2, 0.25) is 0 Å². The first-order chi connectivity index (χ1) is 14.6. The number of ether oxygens (including phenoxy) is 1. The van der Waals surface area contributed by atoms with Gasteiger partial charge in [-0.3, -0.25) is 10.8 Å². The summed E-state index contributed by atoms with van der Waals surface area (Å²) in [5.74, 6) is -0.315. The molecule has 0 amide bonds. The Balaban J connectivity index is 1.70. The first kappa shape index (κ1) is 20.9. The van der Waals surface area contributed by atoms with Gasteiger partial charge in [0, 0.05) is 36.3 Å². The van der Waals surface area contributed by atoms with Crippen molar-refractivity contribution in [2.75, 3.05) is 25.3 Å². The summed E-state index contributed by atoms with van der Waals surface area (Å²) >= 11 is 0. The molecule has 1 aliphatic rings. The summed E-state index contributed by atoms with van der Waals surface area (Å²) in [6.07, 6.45) is 4.52. The normalized spacial score (nSPS) is 18.5. The zero-order valence-corrected chi connectivity index (χ0v) is 18.5. The summed E-state index contributed by atoms with van der Waals surface area (Å²) in [4.78, 5) is 6.44. The summed E-state index contributed by atoms with van der Waals surface area (Å²) < 4.78 is 29.6. The lowest BCUT2D eigenvalue weighted by Gasteiger charge is -2.36. The fourth-order valence-corrected chi connectivity index (χ4v) is 4.17. The molecule has 9 nitrogen and oxygen atoms in total. The van der Waals surface area contributed by atoms with Crippen LogP contribution in [0.1, 0.15) is 11.3 Å². The average molecular weight is 441 g/mol. The van der Waals surface area contributed by atoms with Gasteiger partial charge in [0.05, 0.1) is 23.1 Å². The van der Waals surface area contributed by atoms with Crippen molar-refractivity contribution in [1.29, 1.82) is 0 Å². The number of aryl methyl sites for hydroxylation is 1. The van der Waals surface area contributed by atoms with E-state index in [1.807, 2.05) is 37.1 Å². The van der Waals surface area contributed by atoms with E-state index < -0.39 is 15.6 Å². The van der Waals surface area contributed by atoms with Gasteiger partial charge in [-0.2, -0.15) is 5.10 Å². The number of rotatable bonds is 5. The Morgan fingerprint density at radius 2 is 1.97 bits per heavy atom. The lowest BCUT2D eigenvalue weighted by Crippen LogP contribution is -2.52. The Morgan fingerprint density at radius 1 is 1.19 bits per heavy atom. The highest BCUT2D eigenvalue weighted by molar-refractivity contribution is 7.90. The van der Waals surface area contributed by atoms with Gasteiger partial charge in [-0.25, -0.2) is 13.4 Å². The van der Waals surface area contributed by atoms with Crippen LogP contribution in [-0.2, 0) is 15.6 Å². The van der Waals surface area contributed by atoms with Crippen molar-refractivity contribution in [2.45, 2.75) is 17.6 Å². The molecule has 1 unspecified atom stereocenters. The van der Waals surface area contributed by atoms with Crippen molar-refractivity contribution in [3.05, 3.63) is 59.6 Å². The number of sulfone groups is 1. The number of nitrogens with one attached hydrogen (secondary N) is 2. The minimum absolute atomic E-state index is 0.133. The number of nitrogens with two attached hydrogens (primary N) is 1. The Kier molecular flexibility index (Phi) is 4.98. The summed E-state index contributed by atoms with van der Waals surface area (Å²) in [7, 11) is -0.0422. The van der Waals surface area contributed by atoms with E-state index in [-0.39, 0.29) is 4.90 Å². The SMILES string of the molecule is COc1ccc(S(C)(=O)=O)cc1C1(N)N=CC=C(N(C)c2ccc3c(C)[nH]nc3c2)N1. The predicted molar refractivity (Wildman–Crippen MR) is 121 cm³/mol. The Bertz CT molecular complexity index is 1330. The molecule has 0 saturated carbocycles. The second kappa shape index (κ2) is 7.40. The number of hydrogen-bond acceptors (Lipinski definition) is 8. The van der Waals surface area contributed by atoms with Gasteiger partial charge in [0.2, 0.25) is 5.79 Å². The summed E-state index contributed by atoms with van der Waals surface area (Å²) in [6.45, 7) is 1.97. The standard InChI is InChI=1S/C21H24N6O3S/c1-13-16-7-5-14(11-18(16)26-25-13)27(2)20-9-10-23-21(22,24-20)17-12-15(31(4,28)29)6-8-19(17)30-3/h5-12,24H,22H2,1-4H3,(H,25,26). The van der Waals surface area contributed by atoms with Gasteiger partial charge in [-0.1, -0.05) is 0 Å². The summed E-state index contributed by atoms with van der Waals surface area (Å²) in [6, 6.07) is 10.5. The molecule has 0 bridgehead atoms. The van der Waals surface area contributed by atoms with E-state index in [0.717, 1.165) is 28.5 Å². The molecule has 4 N–H and O–H groups in total. The molecule has 0 aliphatic carbocycles. The van der Waals surface area contributed by atoms with Crippen LogP contribution in [0.5, 0.6) is 5.75 Å². The van der Waals surface area contributed by atoms with E-state index in [1.54, 1.807) is 18.4 Å². The molecular formula is C21H24N6O3S. The average Bonchev–Trinajstić information content (AvgIpc) is 3.12. The molecule has 0 radical (unpaired) electrons. The number of benzene rings is 2. The third-order valence-electron chi connectivity index (χ3n) is 5.32. The number of allylic oxidation sites excluding steroid dienone is 1. The lowest BCUT2D eigenvalue weighted by atomic mass is 10.1. The van der Waals surface area contributed by atoms with Crippen molar-refractivity contribution in [1.82, 2.24) is 15.5 Å². The highest BCUT2D eigenvalue weighted by atomic mass is 32.2. The van der Waals surface area contributed by atoms with Crippen LogP contribution in [0.4, 0.5) is 5.69 Å². The number of aliphatic imine (C=N–C) groups is 1. The van der Waals surface area contributed by atoms with Crippen LogP contribution < -0.4 is 20.7 Å². The van der Waals surface area contributed by atoms with E-state index in [1.165, 1.54) is 19.2 Å². The van der Waals surface area contributed by atoms with Gasteiger partial charge in [0.15, 0.2) is 9.84 Å². The largest absolute Gasteiger partial charge is 0.496 e. The lowest BCUT2D eigenvalue weighted by molar-refractivity contribution is 0.351. The molecule has 3 aromatic rings. The highest BCUT2D eigenvalue weighted by Gasteiger charge is 2.34. The number of hydrogen-bond donors (Lipinski definition) is 3. The number of anilines is 1. The van der Waals surface area contributed by atoms with Crippen LogP contribution >= 0.6 is 0 Å². The fraction of sp³-hybridized carbons (Fsp3) is 0.238. The summed E-state index contributed by atoms with van der Waals surface area (Å²) in [5, 5.41) is 11.6. The molecule has 0 saturated heterocycles. The molecule has 162 valence electrons. The van der Waals surface area contributed by atoms with E-state index in [4.69, 9.17) is 10.5 Å². The van der Waals surface area contributed by atoms with Crippen molar-refractivity contribution in [2.24, 2.45) is 10.7 Å². The maximum Gasteiger partial charge on any atom is 0.213 e. The van der Waals surface area contributed by atoms with E-state index in [2.05, 4.69) is 20.5 Å². The van der Waals surface area contributed by atoms with E-state index >= 15 is 0 Å². The smallest absolute Gasteiger partial charge is 0.213 e. The van der Waals surface area contributed by atoms with Crippen molar-refractivity contribution >= 4 is 32.6 Å². The van der Waals surface area contributed by atoms with Gasteiger partial charge in [-0.05, 0) is 49.4 Å². The van der Waals surface area contributed by atoms with Crippen LogP contribution in [-0.4, -0.2) is 45.2 Å². The third kappa shape index (κ3) is 3.75. The maximum atomic E-state index is 12.1. The minimum Gasteiger partial charge on any atom is -0.496 e. The number of aromatic amines is 1.